The van der Waals surface area contributed by atoms with E-state index in [1.165, 1.54) is 25.1 Å². The van der Waals surface area contributed by atoms with Crippen LogP contribution in [0.1, 0.15) is 43.4 Å². The van der Waals surface area contributed by atoms with Crippen molar-refractivity contribution in [2.45, 2.75) is 42.7 Å². The van der Waals surface area contributed by atoms with Gasteiger partial charge in [0, 0.05) is 49.0 Å². The van der Waals surface area contributed by atoms with E-state index >= 15 is 0 Å². The average Bonchev–Trinajstić information content (AvgIpc) is 2.77. The van der Waals surface area contributed by atoms with Crippen molar-refractivity contribution in [3.8, 4) is 0 Å². The van der Waals surface area contributed by atoms with E-state index in [1.807, 2.05) is 38.1 Å². The maximum atomic E-state index is 13.8. The quantitative estimate of drug-likeness (QED) is 0.521. The molecule has 0 radical (unpaired) electrons. The highest BCUT2D eigenvalue weighted by molar-refractivity contribution is 7.99. The van der Waals surface area contributed by atoms with E-state index in [-0.39, 0.29) is 22.6 Å². The van der Waals surface area contributed by atoms with Crippen molar-refractivity contribution in [3.63, 3.8) is 0 Å². The number of carbonyl (C=O) groups is 2. The number of hydrogen-bond donors (Lipinski definition) is 0. The van der Waals surface area contributed by atoms with Gasteiger partial charge < -0.3 is 9.80 Å². The van der Waals surface area contributed by atoms with E-state index in [9.17, 15) is 22.8 Å². The zero-order chi connectivity index (χ0) is 24.2. The molecule has 176 valence electrons. The Kier molecular flexibility index (Phi) is 7.89. The zero-order valence-corrected chi connectivity index (χ0v) is 19.7. The van der Waals surface area contributed by atoms with Crippen LogP contribution in [0.2, 0.25) is 0 Å². The number of piperazine rings is 1. The van der Waals surface area contributed by atoms with Crippen molar-refractivity contribution in [3.05, 3.63) is 65.2 Å². The minimum absolute atomic E-state index is 0.0358. The van der Waals surface area contributed by atoms with Gasteiger partial charge in [0.2, 0.25) is 11.8 Å². The molecule has 1 aliphatic rings. The number of carbonyl (C=O) groups excluding carboxylic acids is 2. The van der Waals surface area contributed by atoms with E-state index in [0.717, 1.165) is 28.3 Å². The van der Waals surface area contributed by atoms with Crippen molar-refractivity contribution < 1.29 is 22.8 Å². The topological polar surface area (TPSA) is 40.6 Å². The highest BCUT2D eigenvalue weighted by atomic mass is 32.2. The van der Waals surface area contributed by atoms with Gasteiger partial charge in [0.1, 0.15) is 0 Å². The molecule has 0 bridgehead atoms. The predicted molar refractivity (Wildman–Crippen MR) is 124 cm³/mol. The standard InChI is InChI=1S/C25H27F3N2O2S/c1-17(2)20-6-4-5-7-22(20)33-23-10-8-19(16-21(23)25(26,27)28)9-11-24(32)30-14-12-29(13-15-30)18(3)31/h4-11,16-17H,12-15H2,1-3H3. The van der Waals surface area contributed by atoms with Crippen molar-refractivity contribution in [2.24, 2.45) is 0 Å². The molecule has 1 aliphatic heterocycles. The second-order valence-corrected chi connectivity index (χ2v) is 9.30. The van der Waals surface area contributed by atoms with Gasteiger partial charge in [0.05, 0.1) is 5.56 Å². The summed E-state index contributed by atoms with van der Waals surface area (Å²) in [4.78, 5) is 28.0. The summed E-state index contributed by atoms with van der Waals surface area (Å²) >= 11 is 1.10. The third kappa shape index (κ3) is 6.41. The van der Waals surface area contributed by atoms with E-state index in [4.69, 9.17) is 0 Å². The van der Waals surface area contributed by atoms with Gasteiger partial charge in [-0.05, 0) is 41.3 Å². The van der Waals surface area contributed by atoms with Crippen LogP contribution in [0.5, 0.6) is 0 Å². The lowest BCUT2D eigenvalue weighted by molar-refractivity contribution is -0.139. The molecular weight excluding hydrogens is 449 g/mol. The summed E-state index contributed by atoms with van der Waals surface area (Å²) in [5.74, 6) is -0.129. The Morgan fingerprint density at radius 1 is 0.970 bits per heavy atom. The molecule has 1 saturated heterocycles. The highest BCUT2D eigenvalue weighted by Crippen LogP contribution is 2.42. The maximum absolute atomic E-state index is 13.8. The number of amides is 2. The molecule has 0 N–H and O–H groups in total. The zero-order valence-electron chi connectivity index (χ0n) is 18.9. The van der Waals surface area contributed by atoms with Gasteiger partial charge in [0.25, 0.3) is 0 Å². The van der Waals surface area contributed by atoms with Gasteiger partial charge in [-0.2, -0.15) is 13.2 Å². The molecule has 33 heavy (non-hydrogen) atoms. The molecule has 0 aliphatic carbocycles. The van der Waals surface area contributed by atoms with Crippen LogP contribution in [-0.4, -0.2) is 47.8 Å². The first-order valence-corrected chi connectivity index (χ1v) is 11.6. The number of benzene rings is 2. The largest absolute Gasteiger partial charge is 0.417 e. The van der Waals surface area contributed by atoms with E-state index in [1.54, 1.807) is 15.9 Å². The Balaban J connectivity index is 1.79. The van der Waals surface area contributed by atoms with Gasteiger partial charge in [-0.3, -0.25) is 9.59 Å². The smallest absolute Gasteiger partial charge is 0.339 e. The third-order valence-corrected chi connectivity index (χ3v) is 6.69. The maximum Gasteiger partial charge on any atom is 0.417 e. The highest BCUT2D eigenvalue weighted by Gasteiger charge is 2.34. The Labute approximate surface area is 196 Å². The van der Waals surface area contributed by atoms with Gasteiger partial charge >= 0.3 is 6.18 Å². The van der Waals surface area contributed by atoms with Crippen LogP contribution in [0.25, 0.3) is 6.08 Å². The SMILES string of the molecule is CC(=O)N1CCN(C(=O)C=Cc2ccc(Sc3ccccc3C(C)C)c(C(F)(F)F)c2)CC1. The van der Waals surface area contributed by atoms with Crippen LogP contribution in [0.4, 0.5) is 13.2 Å². The van der Waals surface area contributed by atoms with Crippen LogP contribution < -0.4 is 0 Å². The first kappa shape index (κ1) is 24.9. The molecular formula is C25H27F3N2O2S. The monoisotopic (exact) mass is 476 g/mol. The van der Waals surface area contributed by atoms with Crippen LogP contribution in [0.3, 0.4) is 0 Å². The summed E-state index contributed by atoms with van der Waals surface area (Å²) in [5, 5.41) is 0. The minimum Gasteiger partial charge on any atom is -0.339 e. The second kappa shape index (κ2) is 10.5. The molecule has 1 fully saturated rings. The van der Waals surface area contributed by atoms with E-state index in [0.29, 0.717) is 31.7 Å². The minimum atomic E-state index is -4.52. The average molecular weight is 477 g/mol. The molecule has 2 amide bonds. The predicted octanol–water partition coefficient (Wildman–Crippen LogP) is 5.68. The summed E-state index contributed by atoms with van der Waals surface area (Å²) in [6.45, 7) is 7.22. The van der Waals surface area contributed by atoms with Crippen LogP contribution in [-0.2, 0) is 15.8 Å². The van der Waals surface area contributed by atoms with Crippen LogP contribution >= 0.6 is 11.8 Å². The first-order chi connectivity index (χ1) is 15.6. The lowest BCUT2D eigenvalue weighted by atomic mass is 10.0. The van der Waals surface area contributed by atoms with Crippen LogP contribution in [0.15, 0.2) is 58.3 Å². The van der Waals surface area contributed by atoms with Gasteiger partial charge in [-0.25, -0.2) is 0 Å². The van der Waals surface area contributed by atoms with E-state index in [2.05, 4.69) is 0 Å². The van der Waals surface area contributed by atoms with Crippen molar-refractivity contribution >= 4 is 29.7 Å². The molecule has 0 aromatic heterocycles. The molecule has 3 rings (SSSR count). The van der Waals surface area contributed by atoms with Crippen molar-refractivity contribution in [1.29, 1.82) is 0 Å². The summed E-state index contributed by atoms with van der Waals surface area (Å²) < 4.78 is 41.5. The molecule has 1 heterocycles. The van der Waals surface area contributed by atoms with Gasteiger partial charge in [-0.1, -0.05) is 49.9 Å². The Hall–Kier alpha value is -2.74. The molecule has 0 atom stereocenters. The Bertz CT molecular complexity index is 1040. The fourth-order valence-electron chi connectivity index (χ4n) is 3.65. The fraction of sp³-hybridized carbons (Fsp3) is 0.360. The van der Waals surface area contributed by atoms with Crippen molar-refractivity contribution in [1.82, 2.24) is 9.80 Å². The summed E-state index contributed by atoms with van der Waals surface area (Å²) in [6.07, 6.45) is -1.82. The summed E-state index contributed by atoms with van der Waals surface area (Å²) in [5.41, 5.74) is 0.574. The third-order valence-electron chi connectivity index (χ3n) is 5.52. The van der Waals surface area contributed by atoms with Gasteiger partial charge in [0.15, 0.2) is 0 Å². The number of hydrogen-bond acceptors (Lipinski definition) is 3. The summed E-state index contributed by atoms with van der Waals surface area (Å²) in [7, 11) is 0. The van der Waals surface area contributed by atoms with E-state index < -0.39 is 11.7 Å². The number of halogens is 3. The van der Waals surface area contributed by atoms with Crippen LogP contribution in [0, 0.1) is 0 Å². The Morgan fingerprint density at radius 2 is 1.61 bits per heavy atom. The number of nitrogens with zero attached hydrogens (tertiary/aromatic N) is 2. The molecule has 0 spiro atoms. The lowest BCUT2D eigenvalue weighted by Crippen LogP contribution is -2.49. The molecule has 0 saturated carbocycles. The summed E-state index contributed by atoms with van der Waals surface area (Å²) in [6, 6.07) is 11.6. The second-order valence-electron chi connectivity index (χ2n) is 8.21. The fourth-order valence-corrected chi connectivity index (χ4v) is 4.87. The number of rotatable bonds is 5. The van der Waals surface area contributed by atoms with Crippen molar-refractivity contribution in [2.75, 3.05) is 26.2 Å². The molecule has 2 aromatic rings. The normalized spacial score (nSPS) is 14.9. The molecule has 8 heteroatoms. The molecule has 2 aromatic carbocycles. The lowest BCUT2D eigenvalue weighted by Gasteiger charge is -2.33. The molecule has 4 nitrogen and oxygen atoms in total. The Morgan fingerprint density at radius 3 is 2.21 bits per heavy atom. The first-order valence-electron chi connectivity index (χ1n) is 10.8. The van der Waals surface area contributed by atoms with Gasteiger partial charge in [-0.15, -0.1) is 0 Å². The molecule has 0 unspecified atom stereocenters. The number of alkyl halides is 3.